The summed E-state index contributed by atoms with van der Waals surface area (Å²) in [4.78, 5) is 5.94. The van der Waals surface area contributed by atoms with Crippen molar-refractivity contribution in [1.29, 1.82) is 0 Å². The zero-order chi connectivity index (χ0) is 13.5. The van der Waals surface area contributed by atoms with E-state index in [9.17, 15) is 0 Å². The van der Waals surface area contributed by atoms with E-state index in [1.54, 1.807) is 6.26 Å². The lowest BCUT2D eigenvalue weighted by molar-refractivity contribution is 0.527. The number of hydrogen-bond acceptors (Lipinski definition) is 4. The van der Waals surface area contributed by atoms with Crippen LogP contribution in [-0.2, 0) is 0 Å². The Morgan fingerprint density at radius 3 is 3.00 bits per heavy atom. The fraction of sp³-hybridized carbons (Fsp3) is 0.188. The Labute approximate surface area is 120 Å². The van der Waals surface area contributed by atoms with Crippen LogP contribution in [0.1, 0.15) is 24.5 Å². The van der Waals surface area contributed by atoms with Crippen molar-refractivity contribution in [3.8, 4) is 11.3 Å². The highest BCUT2D eigenvalue weighted by Gasteiger charge is 2.22. The molecule has 0 spiro atoms. The summed E-state index contributed by atoms with van der Waals surface area (Å²) in [6.45, 7) is 2.13. The second-order valence-corrected chi connectivity index (χ2v) is 6.32. The fourth-order valence-corrected chi connectivity index (χ4v) is 3.46. The molecule has 0 radical (unpaired) electrons. The Kier molecular flexibility index (Phi) is 2.70. The van der Waals surface area contributed by atoms with Crippen LogP contribution in [0.5, 0.6) is 0 Å². The number of aromatic nitrogens is 1. The van der Waals surface area contributed by atoms with Crippen LogP contribution in [0.3, 0.4) is 0 Å². The van der Waals surface area contributed by atoms with Gasteiger partial charge in [0.15, 0.2) is 5.58 Å². The van der Waals surface area contributed by atoms with Crippen molar-refractivity contribution in [2.45, 2.75) is 18.6 Å². The molecule has 2 aromatic heterocycles. The molecule has 100 valence electrons. The molecule has 1 unspecified atom stereocenters. The summed E-state index contributed by atoms with van der Waals surface area (Å²) < 4.78 is 11.3. The molecule has 1 aliphatic rings. The molecule has 1 aliphatic heterocycles. The summed E-state index contributed by atoms with van der Waals surface area (Å²) in [6, 6.07) is 9.82. The average Bonchev–Trinajstić information content (AvgIpc) is 3.17. The first-order valence-electron chi connectivity index (χ1n) is 6.57. The van der Waals surface area contributed by atoms with Crippen LogP contribution >= 0.6 is 11.8 Å². The molecule has 3 heterocycles. The van der Waals surface area contributed by atoms with E-state index >= 15 is 0 Å². The SMILES string of the molecule is CC1=CCC(c2nc3ccc(-c4ccco4)cc3o2)S1. The molecule has 0 bridgehead atoms. The van der Waals surface area contributed by atoms with Gasteiger partial charge >= 0.3 is 0 Å². The molecule has 4 rings (SSSR count). The lowest BCUT2D eigenvalue weighted by Gasteiger charge is -2.02. The maximum absolute atomic E-state index is 5.93. The molecule has 1 atom stereocenters. The van der Waals surface area contributed by atoms with E-state index in [4.69, 9.17) is 8.83 Å². The van der Waals surface area contributed by atoms with Crippen LogP contribution in [-0.4, -0.2) is 4.98 Å². The van der Waals surface area contributed by atoms with Crippen LogP contribution in [0.15, 0.2) is 56.4 Å². The Morgan fingerprint density at radius 1 is 1.30 bits per heavy atom. The van der Waals surface area contributed by atoms with Crippen LogP contribution in [0.4, 0.5) is 0 Å². The van der Waals surface area contributed by atoms with Gasteiger partial charge in [-0.25, -0.2) is 4.98 Å². The van der Waals surface area contributed by atoms with Gasteiger partial charge in [0.25, 0.3) is 0 Å². The second-order valence-electron chi connectivity index (χ2n) is 4.87. The van der Waals surface area contributed by atoms with Gasteiger partial charge in [-0.2, -0.15) is 0 Å². The van der Waals surface area contributed by atoms with Crippen molar-refractivity contribution in [2.24, 2.45) is 0 Å². The third-order valence-electron chi connectivity index (χ3n) is 3.43. The van der Waals surface area contributed by atoms with Gasteiger partial charge in [0.2, 0.25) is 5.89 Å². The quantitative estimate of drug-likeness (QED) is 0.650. The van der Waals surface area contributed by atoms with Gasteiger partial charge < -0.3 is 8.83 Å². The summed E-state index contributed by atoms with van der Waals surface area (Å²) >= 11 is 1.82. The van der Waals surface area contributed by atoms with Gasteiger partial charge in [0, 0.05) is 5.56 Å². The topological polar surface area (TPSA) is 39.2 Å². The number of benzene rings is 1. The van der Waals surface area contributed by atoms with Crippen molar-refractivity contribution in [3.05, 3.63) is 53.5 Å². The number of hydrogen-bond donors (Lipinski definition) is 0. The largest absolute Gasteiger partial charge is 0.464 e. The Hall–Kier alpha value is -1.94. The molecule has 0 fully saturated rings. The average molecular weight is 283 g/mol. The molecular weight excluding hydrogens is 270 g/mol. The highest BCUT2D eigenvalue weighted by Crippen LogP contribution is 2.43. The normalized spacial score (nSPS) is 18.6. The molecule has 3 nitrogen and oxygen atoms in total. The molecule has 0 amide bonds. The predicted molar refractivity (Wildman–Crippen MR) is 80.4 cm³/mol. The molecule has 4 heteroatoms. The van der Waals surface area contributed by atoms with E-state index in [2.05, 4.69) is 18.0 Å². The van der Waals surface area contributed by atoms with Gasteiger partial charge in [-0.15, -0.1) is 11.8 Å². The molecule has 20 heavy (non-hydrogen) atoms. The Bertz CT molecular complexity index is 786. The standard InChI is InChI=1S/C16H13NO2S/c1-10-4-7-15(20-10)16-17-12-6-5-11(9-14(12)19-16)13-3-2-8-18-13/h2-6,8-9,15H,7H2,1H3. The summed E-state index contributed by atoms with van der Waals surface area (Å²) in [5, 5.41) is 0.314. The third-order valence-corrected chi connectivity index (χ3v) is 4.65. The van der Waals surface area contributed by atoms with Crippen molar-refractivity contribution < 1.29 is 8.83 Å². The first-order valence-corrected chi connectivity index (χ1v) is 7.45. The van der Waals surface area contributed by atoms with Gasteiger partial charge in [0.05, 0.1) is 11.5 Å². The van der Waals surface area contributed by atoms with Gasteiger partial charge in [-0.3, -0.25) is 0 Å². The number of allylic oxidation sites excluding steroid dienone is 2. The van der Waals surface area contributed by atoms with Gasteiger partial charge in [-0.05, 0) is 48.6 Å². The zero-order valence-corrected chi connectivity index (χ0v) is 11.8. The minimum atomic E-state index is 0.314. The van der Waals surface area contributed by atoms with Gasteiger partial charge in [-0.1, -0.05) is 6.08 Å². The number of fused-ring (bicyclic) bond motifs is 1. The predicted octanol–water partition coefficient (Wildman–Crippen LogP) is 5.17. The minimum Gasteiger partial charge on any atom is -0.464 e. The Balaban J connectivity index is 1.73. The maximum atomic E-state index is 5.93. The van der Waals surface area contributed by atoms with Crippen molar-refractivity contribution in [1.82, 2.24) is 4.98 Å². The van der Waals surface area contributed by atoms with Crippen LogP contribution in [0.25, 0.3) is 22.4 Å². The molecule has 0 saturated carbocycles. The first-order chi connectivity index (χ1) is 9.79. The van der Waals surface area contributed by atoms with Crippen LogP contribution in [0, 0.1) is 0 Å². The molecule has 0 aliphatic carbocycles. The van der Waals surface area contributed by atoms with Crippen molar-refractivity contribution in [3.63, 3.8) is 0 Å². The third kappa shape index (κ3) is 1.96. The fourth-order valence-electron chi connectivity index (χ4n) is 2.42. The lowest BCUT2D eigenvalue weighted by Crippen LogP contribution is -1.87. The zero-order valence-electron chi connectivity index (χ0n) is 11.0. The van der Waals surface area contributed by atoms with Crippen molar-refractivity contribution >= 4 is 22.9 Å². The number of nitrogens with zero attached hydrogens (tertiary/aromatic N) is 1. The van der Waals surface area contributed by atoms with E-state index in [1.165, 1.54) is 4.91 Å². The molecular formula is C16H13NO2S. The van der Waals surface area contributed by atoms with E-state index in [0.717, 1.165) is 34.7 Å². The summed E-state index contributed by atoms with van der Waals surface area (Å²) in [5.41, 5.74) is 2.73. The lowest BCUT2D eigenvalue weighted by atomic mass is 10.1. The second kappa shape index (κ2) is 4.56. The molecule has 3 aromatic rings. The smallest absolute Gasteiger partial charge is 0.209 e. The summed E-state index contributed by atoms with van der Waals surface area (Å²) in [7, 11) is 0. The highest BCUT2D eigenvalue weighted by atomic mass is 32.2. The minimum absolute atomic E-state index is 0.314. The highest BCUT2D eigenvalue weighted by molar-refractivity contribution is 8.03. The monoisotopic (exact) mass is 283 g/mol. The van der Waals surface area contributed by atoms with Crippen LogP contribution < -0.4 is 0 Å². The maximum Gasteiger partial charge on any atom is 0.209 e. The summed E-state index contributed by atoms with van der Waals surface area (Å²) in [6.07, 6.45) is 4.90. The van der Waals surface area contributed by atoms with Crippen LogP contribution in [0.2, 0.25) is 0 Å². The van der Waals surface area contributed by atoms with E-state index in [0.29, 0.717) is 5.25 Å². The van der Waals surface area contributed by atoms with Gasteiger partial charge in [0.1, 0.15) is 11.3 Å². The molecule has 0 saturated heterocycles. The number of oxazole rings is 1. The summed E-state index contributed by atoms with van der Waals surface area (Å²) in [5.74, 6) is 1.66. The Morgan fingerprint density at radius 2 is 2.25 bits per heavy atom. The van der Waals surface area contributed by atoms with E-state index in [-0.39, 0.29) is 0 Å². The van der Waals surface area contributed by atoms with E-state index in [1.807, 2.05) is 42.1 Å². The molecule has 0 N–H and O–H groups in total. The van der Waals surface area contributed by atoms with E-state index < -0.39 is 0 Å². The van der Waals surface area contributed by atoms with Crippen molar-refractivity contribution in [2.75, 3.05) is 0 Å². The number of thioether (sulfide) groups is 1. The number of rotatable bonds is 2. The molecule has 1 aromatic carbocycles. The number of furan rings is 1. The first kappa shape index (κ1) is 11.9.